The predicted molar refractivity (Wildman–Crippen MR) is 145 cm³/mol. The maximum Gasteiger partial charge on any atom is 0.265 e. The van der Waals surface area contributed by atoms with Gasteiger partial charge in [-0.25, -0.2) is 13.1 Å². The summed E-state index contributed by atoms with van der Waals surface area (Å²) in [5.74, 6) is -0.258. The molecule has 0 spiro atoms. The molecule has 0 atom stereocenters. The molecule has 1 amide bonds. The summed E-state index contributed by atoms with van der Waals surface area (Å²) < 4.78 is 29.6. The quantitative estimate of drug-likeness (QED) is 0.262. The van der Waals surface area contributed by atoms with Crippen LogP contribution in [0, 0.1) is 13.8 Å². The Morgan fingerprint density at radius 3 is 2.22 bits per heavy atom. The fourth-order valence-corrected chi connectivity index (χ4v) is 5.92. The zero-order chi connectivity index (χ0) is 25.4. The van der Waals surface area contributed by atoms with E-state index in [1.54, 1.807) is 65.3 Å². The van der Waals surface area contributed by atoms with Gasteiger partial charge in [-0.05, 0) is 80.6 Å². The van der Waals surface area contributed by atoms with Gasteiger partial charge in [0.1, 0.15) is 4.83 Å². The number of sulfonamides is 1. The maximum absolute atomic E-state index is 13.0. The normalized spacial score (nSPS) is 11.5. The molecule has 10 heteroatoms. The van der Waals surface area contributed by atoms with E-state index in [9.17, 15) is 13.2 Å². The first-order valence-electron chi connectivity index (χ1n) is 11.0. The van der Waals surface area contributed by atoms with Gasteiger partial charge in [-0.1, -0.05) is 29.3 Å². The SMILES string of the molecule is Cc1ccc(S(=O)(=O)Nc2ccc(NC(=O)c3cc4c(C)nn(-c5ccc(Cl)cc5)c4s3)cc2)cc1. The van der Waals surface area contributed by atoms with Gasteiger partial charge in [-0.3, -0.25) is 9.52 Å². The molecule has 182 valence electrons. The summed E-state index contributed by atoms with van der Waals surface area (Å²) in [5, 5.41) is 9.01. The lowest BCUT2D eigenvalue weighted by Crippen LogP contribution is -2.13. The molecule has 0 radical (unpaired) electrons. The lowest BCUT2D eigenvalue weighted by atomic mass is 10.2. The highest BCUT2D eigenvalue weighted by Crippen LogP contribution is 2.31. The van der Waals surface area contributed by atoms with Crippen LogP contribution in [0.3, 0.4) is 0 Å². The number of hydrogen-bond acceptors (Lipinski definition) is 5. The molecule has 0 fully saturated rings. The molecule has 5 rings (SSSR count). The fourth-order valence-electron chi connectivity index (χ4n) is 3.66. The summed E-state index contributed by atoms with van der Waals surface area (Å²) in [7, 11) is -3.70. The molecule has 2 N–H and O–H groups in total. The van der Waals surface area contributed by atoms with Gasteiger partial charge >= 0.3 is 0 Å². The van der Waals surface area contributed by atoms with E-state index in [1.165, 1.54) is 11.3 Å². The van der Waals surface area contributed by atoms with Crippen molar-refractivity contribution in [1.29, 1.82) is 0 Å². The monoisotopic (exact) mass is 536 g/mol. The molecule has 3 aromatic carbocycles. The molecule has 0 aliphatic rings. The Morgan fingerprint density at radius 2 is 1.56 bits per heavy atom. The molecule has 2 aromatic heterocycles. The number of nitrogens with zero attached hydrogens (tertiary/aromatic N) is 2. The minimum absolute atomic E-state index is 0.183. The van der Waals surface area contributed by atoms with E-state index >= 15 is 0 Å². The molecule has 0 saturated heterocycles. The predicted octanol–water partition coefficient (Wildman–Crippen LogP) is 6.41. The van der Waals surface area contributed by atoms with Gasteiger partial charge < -0.3 is 5.32 Å². The van der Waals surface area contributed by atoms with E-state index in [0.29, 0.717) is 21.3 Å². The van der Waals surface area contributed by atoms with Crippen LogP contribution < -0.4 is 10.0 Å². The molecular formula is C26H21ClN4O3S2. The molecule has 0 aliphatic carbocycles. The number of fused-ring (bicyclic) bond motifs is 1. The van der Waals surface area contributed by atoms with Gasteiger partial charge in [0, 0.05) is 21.8 Å². The van der Waals surface area contributed by atoms with Crippen molar-refractivity contribution < 1.29 is 13.2 Å². The Labute approximate surface area is 217 Å². The van der Waals surface area contributed by atoms with Gasteiger partial charge in [0.25, 0.3) is 15.9 Å². The Hall–Kier alpha value is -3.66. The Morgan fingerprint density at radius 1 is 0.917 bits per heavy atom. The number of halogens is 1. The number of aromatic nitrogens is 2. The van der Waals surface area contributed by atoms with E-state index in [2.05, 4.69) is 15.1 Å². The number of nitrogens with one attached hydrogen (secondary N) is 2. The number of hydrogen-bond donors (Lipinski definition) is 2. The van der Waals surface area contributed by atoms with Crippen LogP contribution >= 0.6 is 22.9 Å². The molecule has 7 nitrogen and oxygen atoms in total. The Balaban J connectivity index is 1.32. The third-order valence-electron chi connectivity index (χ3n) is 5.57. The molecule has 0 unspecified atom stereocenters. The van der Waals surface area contributed by atoms with Crippen LogP contribution in [0.1, 0.15) is 20.9 Å². The highest BCUT2D eigenvalue weighted by atomic mass is 35.5. The summed E-state index contributed by atoms with van der Waals surface area (Å²) >= 11 is 7.35. The molecule has 2 heterocycles. The van der Waals surface area contributed by atoms with Crippen molar-refractivity contribution in [2.45, 2.75) is 18.7 Å². The number of carbonyl (C=O) groups is 1. The van der Waals surface area contributed by atoms with Crippen molar-refractivity contribution in [2.75, 3.05) is 10.0 Å². The topological polar surface area (TPSA) is 93.1 Å². The smallest absolute Gasteiger partial charge is 0.265 e. The highest BCUT2D eigenvalue weighted by Gasteiger charge is 2.18. The van der Waals surface area contributed by atoms with E-state index in [1.807, 2.05) is 32.0 Å². The number of thiophene rings is 1. The highest BCUT2D eigenvalue weighted by molar-refractivity contribution is 7.92. The summed E-state index contributed by atoms with van der Waals surface area (Å²) in [5.41, 5.74) is 3.60. The largest absolute Gasteiger partial charge is 0.321 e. The first-order chi connectivity index (χ1) is 17.2. The summed E-state index contributed by atoms with van der Waals surface area (Å²) in [4.78, 5) is 14.5. The number of rotatable bonds is 6. The summed E-state index contributed by atoms with van der Waals surface area (Å²) in [6.45, 7) is 3.80. The van der Waals surface area contributed by atoms with Crippen molar-refractivity contribution >= 4 is 60.5 Å². The zero-order valence-corrected chi connectivity index (χ0v) is 21.7. The van der Waals surface area contributed by atoms with Crippen LogP contribution in [0.4, 0.5) is 11.4 Å². The minimum Gasteiger partial charge on any atom is -0.321 e. The van der Waals surface area contributed by atoms with Crippen molar-refractivity contribution in [2.24, 2.45) is 0 Å². The van der Waals surface area contributed by atoms with Crippen LogP contribution in [0.5, 0.6) is 0 Å². The summed E-state index contributed by atoms with van der Waals surface area (Å²) in [6, 6.07) is 22.3. The molecule has 0 saturated carbocycles. The van der Waals surface area contributed by atoms with E-state index in [-0.39, 0.29) is 10.8 Å². The molecule has 5 aromatic rings. The lowest BCUT2D eigenvalue weighted by molar-refractivity contribution is 0.103. The number of anilines is 2. The van der Waals surface area contributed by atoms with Crippen LogP contribution in [0.15, 0.2) is 83.8 Å². The van der Waals surface area contributed by atoms with Crippen molar-refractivity contribution in [3.63, 3.8) is 0 Å². The average Bonchev–Trinajstić information content (AvgIpc) is 3.42. The third-order valence-corrected chi connectivity index (χ3v) is 8.32. The maximum atomic E-state index is 13.0. The second kappa shape index (κ2) is 9.42. The minimum atomic E-state index is -3.70. The van der Waals surface area contributed by atoms with Gasteiger partial charge in [0.2, 0.25) is 0 Å². The lowest BCUT2D eigenvalue weighted by Gasteiger charge is -2.09. The first kappa shape index (κ1) is 24.1. The van der Waals surface area contributed by atoms with E-state index in [0.717, 1.165) is 27.2 Å². The Kier molecular flexibility index (Phi) is 6.29. The van der Waals surface area contributed by atoms with Crippen LogP contribution in [0.25, 0.3) is 15.9 Å². The van der Waals surface area contributed by atoms with Gasteiger partial charge in [-0.2, -0.15) is 5.10 Å². The van der Waals surface area contributed by atoms with Gasteiger partial charge in [0.15, 0.2) is 0 Å². The second-order valence-corrected chi connectivity index (χ2v) is 11.4. The van der Waals surface area contributed by atoms with Crippen molar-refractivity contribution in [3.8, 4) is 5.69 Å². The van der Waals surface area contributed by atoms with E-state index < -0.39 is 10.0 Å². The van der Waals surface area contributed by atoms with Crippen LogP contribution in [-0.4, -0.2) is 24.1 Å². The molecule has 36 heavy (non-hydrogen) atoms. The van der Waals surface area contributed by atoms with E-state index in [4.69, 9.17) is 11.6 Å². The second-order valence-electron chi connectivity index (χ2n) is 8.25. The zero-order valence-electron chi connectivity index (χ0n) is 19.3. The fraction of sp³-hybridized carbons (Fsp3) is 0.0769. The van der Waals surface area contributed by atoms with Crippen LogP contribution in [-0.2, 0) is 10.0 Å². The van der Waals surface area contributed by atoms with Crippen molar-refractivity contribution in [1.82, 2.24) is 9.78 Å². The number of carbonyl (C=O) groups excluding carboxylic acids is 1. The number of aryl methyl sites for hydroxylation is 2. The summed E-state index contributed by atoms with van der Waals surface area (Å²) in [6.07, 6.45) is 0. The third kappa shape index (κ3) is 4.86. The molecular weight excluding hydrogens is 516 g/mol. The Bertz CT molecular complexity index is 1670. The number of benzene rings is 3. The number of amides is 1. The molecule has 0 aliphatic heterocycles. The average molecular weight is 537 g/mol. The van der Waals surface area contributed by atoms with Gasteiger partial charge in [-0.15, -0.1) is 11.3 Å². The first-order valence-corrected chi connectivity index (χ1v) is 13.6. The van der Waals surface area contributed by atoms with Crippen LogP contribution in [0.2, 0.25) is 5.02 Å². The van der Waals surface area contributed by atoms with Gasteiger partial charge in [0.05, 0.1) is 21.2 Å². The molecule has 0 bridgehead atoms. The standard InChI is InChI=1S/C26H21ClN4O3S2/c1-16-3-13-22(14-4-16)36(33,34)30-20-9-7-19(8-10-20)28-25(32)24-15-23-17(2)29-31(26(23)35-24)21-11-5-18(27)6-12-21/h3-15,30H,1-2H3,(H,28,32). The van der Waals surface area contributed by atoms with Crippen molar-refractivity contribution in [3.05, 3.63) is 100 Å².